The monoisotopic (exact) mass is 462 g/mol. The van der Waals surface area contributed by atoms with Crippen molar-refractivity contribution in [1.82, 2.24) is 5.32 Å². The van der Waals surface area contributed by atoms with Gasteiger partial charge in [0.1, 0.15) is 0 Å². The van der Waals surface area contributed by atoms with Crippen LogP contribution in [0.15, 0.2) is 77.7 Å². The minimum atomic E-state index is -3.79. The van der Waals surface area contributed by atoms with Gasteiger partial charge < -0.3 is 5.32 Å². The highest BCUT2D eigenvalue weighted by molar-refractivity contribution is 7.92. The zero-order chi connectivity index (χ0) is 23.4. The van der Waals surface area contributed by atoms with Crippen LogP contribution >= 0.6 is 0 Å². The molecule has 172 valence electrons. The fraction of sp³-hybridized carbons (Fsp3) is 0.296. The van der Waals surface area contributed by atoms with Crippen LogP contribution in [0.25, 0.3) is 0 Å². The minimum absolute atomic E-state index is 0.145. The molecule has 3 aromatic carbocycles. The maximum absolute atomic E-state index is 13.3. The maximum Gasteiger partial charge on any atom is 0.264 e. The molecule has 0 aromatic heterocycles. The van der Waals surface area contributed by atoms with Crippen LogP contribution in [0.3, 0.4) is 0 Å². The van der Waals surface area contributed by atoms with Crippen LogP contribution in [0.2, 0.25) is 0 Å². The second kappa shape index (κ2) is 9.79. The van der Waals surface area contributed by atoms with Crippen molar-refractivity contribution in [1.29, 1.82) is 0 Å². The highest BCUT2D eigenvalue weighted by Gasteiger charge is 2.26. The number of rotatable bonds is 7. The van der Waals surface area contributed by atoms with Gasteiger partial charge >= 0.3 is 0 Å². The van der Waals surface area contributed by atoms with Crippen LogP contribution in [0.1, 0.15) is 59.3 Å². The first-order valence-corrected chi connectivity index (χ1v) is 12.9. The molecule has 4 rings (SSSR count). The molecular formula is C27H30N2O3S. The van der Waals surface area contributed by atoms with E-state index in [2.05, 4.69) is 23.5 Å². The Hall–Kier alpha value is -3.12. The molecule has 1 aliphatic rings. The number of anilines is 1. The van der Waals surface area contributed by atoms with E-state index in [0.717, 1.165) is 24.8 Å². The lowest BCUT2D eigenvalue weighted by Crippen LogP contribution is -2.32. The van der Waals surface area contributed by atoms with Crippen LogP contribution < -0.4 is 9.62 Å². The van der Waals surface area contributed by atoms with Gasteiger partial charge in [-0.3, -0.25) is 9.10 Å². The number of hydrogen-bond acceptors (Lipinski definition) is 3. The fourth-order valence-corrected chi connectivity index (χ4v) is 5.68. The highest BCUT2D eigenvalue weighted by Crippen LogP contribution is 2.28. The van der Waals surface area contributed by atoms with Crippen molar-refractivity contribution in [2.45, 2.75) is 50.0 Å². The molecule has 1 amide bonds. The number of carbonyl (C=O) groups excluding carboxylic acids is 1. The first-order chi connectivity index (χ1) is 15.9. The minimum Gasteiger partial charge on any atom is -0.345 e. The van der Waals surface area contributed by atoms with E-state index in [1.165, 1.54) is 35.3 Å². The molecule has 0 spiro atoms. The third-order valence-electron chi connectivity index (χ3n) is 6.38. The number of carbonyl (C=O) groups is 1. The average Bonchev–Trinajstić information content (AvgIpc) is 2.86. The van der Waals surface area contributed by atoms with Crippen molar-refractivity contribution >= 4 is 21.6 Å². The summed E-state index contributed by atoms with van der Waals surface area (Å²) < 4.78 is 27.5. The first kappa shape index (κ1) is 23.1. The number of amides is 1. The number of benzene rings is 3. The van der Waals surface area contributed by atoms with E-state index >= 15 is 0 Å². The smallest absolute Gasteiger partial charge is 0.264 e. The van der Waals surface area contributed by atoms with Gasteiger partial charge in [0, 0.05) is 7.05 Å². The molecule has 1 N–H and O–H groups in total. The van der Waals surface area contributed by atoms with Crippen molar-refractivity contribution in [3.05, 3.63) is 95.1 Å². The highest BCUT2D eigenvalue weighted by atomic mass is 32.2. The summed E-state index contributed by atoms with van der Waals surface area (Å²) in [4.78, 5) is 13.5. The zero-order valence-electron chi connectivity index (χ0n) is 19.1. The van der Waals surface area contributed by atoms with Gasteiger partial charge in [-0.1, -0.05) is 55.5 Å². The van der Waals surface area contributed by atoms with Gasteiger partial charge in [-0.2, -0.15) is 0 Å². The molecule has 0 heterocycles. The fourth-order valence-electron chi connectivity index (χ4n) is 4.45. The molecule has 0 bridgehead atoms. The average molecular weight is 463 g/mol. The number of sulfonamides is 1. The molecule has 1 unspecified atom stereocenters. The number of nitrogens with one attached hydrogen (secondary N) is 1. The summed E-state index contributed by atoms with van der Waals surface area (Å²) in [7, 11) is -2.31. The molecule has 1 aliphatic carbocycles. The Morgan fingerprint density at radius 3 is 2.33 bits per heavy atom. The Labute approximate surface area is 196 Å². The van der Waals surface area contributed by atoms with E-state index in [9.17, 15) is 13.2 Å². The predicted molar refractivity (Wildman–Crippen MR) is 132 cm³/mol. The van der Waals surface area contributed by atoms with E-state index in [-0.39, 0.29) is 16.8 Å². The molecule has 0 aliphatic heterocycles. The number of fused-ring (bicyclic) bond motifs is 1. The topological polar surface area (TPSA) is 66.5 Å². The van der Waals surface area contributed by atoms with Crippen molar-refractivity contribution in [2.75, 3.05) is 11.4 Å². The van der Waals surface area contributed by atoms with Gasteiger partial charge in [-0.05, 0) is 73.1 Å². The van der Waals surface area contributed by atoms with Crippen LogP contribution in [-0.2, 0) is 22.9 Å². The second-order valence-electron chi connectivity index (χ2n) is 8.47. The SMILES string of the molecule is CCC(NC(=O)c1ccccc1N(C)S(=O)(=O)c1ccccc1)c1ccc2c(c1)CCCC2. The van der Waals surface area contributed by atoms with Crippen molar-refractivity contribution < 1.29 is 13.2 Å². The first-order valence-electron chi connectivity index (χ1n) is 11.5. The predicted octanol–water partition coefficient (Wildman–Crippen LogP) is 5.27. The Kier molecular flexibility index (Phi) is 6.84. The van der Waals surface area contributed by atoms with Crippen LogP contribution in [0.5, 0.6) is 0 Å². The molecule has 0 radical (unpaired) electrons. The van der Waals surface area contributed by atoms with Crippen LogP contribution in [0.4, 0.5) is 5.69 Å². The lowest BCUT2D eigenvalue weighted by atomic mass is 9.88. The molecule has 0 saturated heterocycles. The Balaban J connectivity index is 1.60. The van der Waals surface area contributed by atoms with Gasteiger partial charge in [-0.25, -0.2) is 8.42 Å². The largest absolute Gasteiger partial charge is 0.345 e. The Bertz CT molecular complexity index is 1240. The summed E-state index contributed by atoms with van der Waals surface area (Å²) in [6.45, 7) is 2.04. The van der Waals surface area contributed by atoms with Gasteiger partial charge in [0.15, 0.2) is 0 Å². The van der Waals surface area contributed by atoms with E-state index in [1.807, 2.05) is 6.92 Å². The standard InChI is InChI=1S/C27H30N2O3S/c1-3-25(22-18-17-20-11-7-8-12-21(20)19-22)28-27(30)24-15-9-10-16-26(24)29(2)33(31,32)23-13-5-4-6-14-23/h4-6,9-10,13-19,25H,3,7-8,11-12H2,1-2H3,(H,28,30). The number of nitrogens with zero attached hydrogens (tertiary/aromatic N) is 1. The lowest BCUT2D eigenvalue weighted by Gasteiger charge is -2.24. The van der Waals surface area contributed by atoms with Crippen LogP contribution in [-0.4, -0.2) is 21.4 Å². The van der Waals surface area contributed by atoms with Crippen LogP contribution in [0, 0.1) is 0 Å². The van der Waals surface area contributed by atoms with Gasteiger partial charge in [0.05, 0.1) is 22.2 Å². The Morgan fingerprint density at radius 1 is 0.939 bits per heavy atom. The number of hydrogen-bond donors (Lipinski definition) is 1. The second-order valence-corrected chi connectivity index (χ2v) is 10.4. The van der Waals surface area contributed by atoms with E-state index < -0.39 is 10.0 Å². The van der Waals surface area contributed by atoms with Crippen molar-refractivity contribution in [3.63, 3.8) is 0 Å². The van der Waals surface area contributed by atoms with Crippen molar-refractivity contribution in [2.24, 2.45) is 0 Å². The normalized spacial score (nSPS) is 14.2. The van der Waals surface area contributed by atoms with E-state index in [0.29, 0.717) is 11.3 Å². The van der Waals surface area contributed by atoms with E-state index in [4.69, 9.17) is 0 Å². The maximum atomic E-state index is 13.3. The summed E-state index contributed by atoms with van der Waals surface area (Å²) in [5, 5.41) is 3.13. The summed E-state index contributed by atoms with van der Waals surface area (Å²) in [5.74, 6) is -0.287. The third kappa shape index (κ3) is 4.81. The molecule has 0 saturated carbocycles. The summed E-state index contributed by atoms with van der Waals surface area (Å²) in [6.07, 6.45) is 5.38. The van der Waals surface area contributed by atoms with Gasteiger partial charge in [0.2, 0.25) is 0 Å². The summed E-state index contributed by atoms with van der Waals surface area (Å²) in [6, 6.07) is 21.4. The molecule has 6 heteroatoms. The zero-order valence-corrected chi connectivity index (χ0v) is 19.9. The number of para-hydroxylation sites is 1. The summed E-state index contributed by atoms with van der Waals surface area (Å²) in [5.41, 5.74) is 4.55. The molecular weight excluding hydrogens is 432 g/mol. The quantitative estimate of drug-likeness (QED) is 0.520. The lowest BCUT2D eigenvalue weighted by molar-refractivity contribution is 0.0936. The molecule has 0 fully saturated rings. The molecule has 3 aromatic rings. The Morgan fingerprint density at radius 2 is 1.61 bits per heavy atom. The third-order valence-corrected chi connectivity index (χ3v) is 8.16. The van der Waals surface area contributed by atoms with Gasteiger partial charge in [0.25, 0.3) is 15.9 Å². The molecule has 33 heavy (non-hydrogen) atoms. The van der Waals surface area contributed by atoms with E-state index in [1.54, 1.807) is 54.6 Å². The summed E-state index contributed by atoms with van der Waals surface area (Å²) >= 11 is 0. The molecule has 1 atom stereocenters. The van der Waals surface area contributed by atoms with Crippen molar-refractivity contribution in [3.8, 4) is 0 Å². The number of aryl methyl sites for hydroxylation is 2. The molecule has 5 nitrogen and oxygen atoms in total. The van der Waals surface area contributed by atoms with Gasteiger partial charge in [-0.15, -0.1) is 0 Å².